The summed E-state index contributed by atoms with van der Waals surface area (Å²) in [6.45, 7) is 3.27. The van der Waals surface area contributed by atoms with Crippen molar-refractivity contribution in [2.45, 2.75) is 13.5 Å². The summed E-state index contributed by atoms with van der Waals surface area (Å²) >= 11 is 0. The Morgan fingerprint density at radius 2 is 1.95 bits per heavy atom. The molecule has 0 aliphatic carbocycles. The minimum atomic E-state index is 0.00602. The first-order valence-electron chi connectivity index (χ1n) is 6.71. The highest BCUT2D eigenvalue weighted by atomic mass is 16.2. The minimum Gasteiger partial charge on any atom is -0.373 e. The molecule has 20 heavy (non-hydrogen) atoms. The van der Waals surface area contributed by atoms with Gasteiger partial charge in [0.25, 0.3) is 5.91 Å². The van der Waals surface area contributed by atoms with Gasteiger partial charge in [-0.05, 0) is 24.6 Å². The average Bonchev–Trinajstić information content (AvgIpc) is 2.53. The normalized spacial score (nSPS) is 10.1. The van der Waals surface area contributed by atoms with E-state index in [1.165, 1.54) is 0 Å². The van der Waals surface area contributed by atoms with Crippen molar-refractivity contribution in [3.05, 3.63) is 59.8 Å². The van der Waals surface area contributed by atoms with Crippen LogP contribution in [0.15, 0.2) is 48.7 Å². The van der Waals surface area contributed by atoms with Gasteiger partial charge in [-0.2, -0.15) is 0 Å². The van der Waals surface area contributed by atoms with Crippen molar-refractivity contribution in [1.82, 2.24) is 9.88 Å². The van der Waals surface area contributed by atoms with Crippen LogP contribution in [-0.2, 0) is 6.54 Å². The van der Waals surface area contributed by atoms with Crippen LogP contribution < -0.4 is 5.32 Å². The summed E-state index contributed by atoms with van der Waals surface area (Å²) < 4.78 is 0. The molecule has 0 radical (unpaired) electrons. The SMILES string of the molecule is CCN(Cc1ccccc1)C(=O)c1ccc(NC)nc1. The van der Waals surface area contributed by atoms with Crippen molar-refractivity contribution in [2.75, 3.05) is 18.9 Å². The Kier molecular flexibility index (Phi) is 4.71. The highest BCUT2D eigenvalue weighted by Gasteiger charge is 2.14. The molecule has 0 fully saturated rings. The molecular formula is C16H19N3O. The second kappa shape index (κ2) is 6.70. The topological polar surface area (TPSA) is 45.2 Å². The van der Waals surface area contributed by atoms with Crippen molar-refractivity contribution in [1.29, 1.82) is 0 Å². The molecule has 0 aliphatic heterocycles. The van der Waals surface area contributed by atoms with Gasteiger partial charge in [-0.3, -0.25) is 4.79 Å². The zero-order valence-electron chi connectivity index (χ0n) is 11.8. The van der Waals surface area contributed by atoms with Crippen molar-refractivity contribution < 1.29 is 4.79 Å². The molecule has 0 unspecified atom stereocenters. The van der Waals surface area contributed by atoms with Gasteiger partial charge in [0.05, 0.1) is 5.56 Å². The van der Waals surface area contributed by atoms with Crippen molar-refractivity contribution in [3.63, 3.8) is 0 Å². The van der Waals surface area contributed by atoms with E-state index < -0.39 is 0 Å². The molecule has 4 nitrogen and oxygen atoms in total. The Bertz CT molecular complexity index is 552. The number of anilines is 1. The standard InChI is InChI=1S/C16H19N3O/c1-3-19(12-13-7-5-4-6-8-13)16(20)14-9-10-15(17-2)18-11-14/h4-11H,3,12H2,1-2H3,(H,17,18). The molecule has 0 aliphatic rings. The summed E-state index contributed by atoms with van der Waals surface area (Å²) in [5.41, 5.74) is 1.74. The van der Waals surface area contributed by atoms with Crippen LogP contribution in [0.25, 0.3) is 0 Å². The molecule has 0 spiro atoms. The number of rotatable bonds is 5. The van der Waals surface area contributed by atoms with Crippen LogP contribution in [0.3, 0.4) is 0 Å². The van der Waals surface area contributed by atoms with Crippen molar-refractivity contribution >= 4 is 11.7 Å². The monoisotopic (exact) mass is 269 g/mol. The largest absolute Gasteiger partial charge is 0.373 e. The van der Waals surface area contributed by atoms with Crippen molar-refractivity contribution in [3.8, 4) is 0 Å². The summed E-state index contributed by atoms with van der Waals surface area (Å²) in [5.74, 6) is 0.763. The van der Waals surface area contributed by atoms with Gasteiger partial charge in [-0.25, -0.2) is 4.98 Å². The molecule has 2 rings (SSSR count). The Labute approximate surface area is 119 Å². The van der Waals surface area contributed by atoms with E-state index in [0.29, 0.717) is 18.7 Å². The van der Waals surface area contributed by atoms with Gasteiger partial charge in [0.2, 0.25) is 0 Å². The highest BCUT2D eigenvalue weighted by molar-refractivity contribution is 5.94. The molecule has 2 aromatic rings. The van der Waals surface area contributed by atoms with E-state index in [-0.39, 0.29) is 5.91 Å². The zero-order chi connectivity index (χ0) is 14.4. The summed E-state index contributed by atoms with van der Waals surface area (Å²) in [7, 11) is 1.80. The number of pyridine rings is 1. The number of carbonyl (C=O) groups is 1. The number of nitrogens with one attached hydrogen (secondary N) is 1. The molecule has 1 aromatic carbocycles. The molecule has 104 valence electrons. The first-order chi connectivity index (χ1) is 9.74. The molecule has 1 heterocycles. The Balaban J connectivity index is 2.12. The molecule has 0 bridgehead atoms. The molecule has 0 atom stereocenters. The molecule has 0 saturated heterocycles. The number of hydrogen-bond donors (Lipinski definition) is 1. The van der Waals surface area contributed by atoms with Gasteiger partial charge in [-0.1, -0.05) is 30.3 Å². The maximum absolute atomic E-state index is 12.4. The van der Waals surface area contributed by atoms with Crippen molar-refractivity contribution in [2.24, 2.45) is 0 Å². The molecule has 1 aromatic heterocycles. The lowest BCUT2D eigenvalue weighted by Crippen LogP contribution is -2.30. The summed E-state index contributed by atoms with van der Waals surface area (Å²) in [4.78, 5) is 18.4. The van der Waals surface area contributed by atoms with E-state index in [1.54, 1.807) is 19.3 Å². The van der Waals surface area contributed by atoms with Gasteiger partial charge in [0.1, 0.15) is 5.82 Å². The van der Waals surface area contributed by atoms with E-state index in [2.05, 4.69) is 10.3 Å². The lowest BCUT2D eigenvalue weighted by Gasteiger charge is -2.21. The third-order valence-electron chi connectivity index (χ3n) is 3.15. The number of aromatic nitrogens is 1. The van der Waals surface area contributed by atoms with E-state index in [9.17, 15) is 4.79 Å². The van der Waals surface area contributed by atoms with E-state index in [1.807, 2.05) is 48.2 Å². The van der Waals surface area contributed by atoms with Crippen LogP contribution in [0.5, 0.6) is 0 Å². The Morgan fingerprint density at radius 1 is 1.20 bits per heavy atom. The van der Waals surface area contributed by atoms with Crippen LogP contribution in [0.4, 0.5) is 5.82 Å². The van der Waals surface area contributed by atoms with Crippen LogP contribution in [0, 0.1) is 0 Å². The Morgan fingerprint density at radius 3 is 2.50 bits per heavy atom. The van der Waals surface area contributed by atoms with Crippen LogP contribution in [-0.4, -0.2) is 29.4 Å². The van der Waals surface area contributed by atoms with E-state index >= 15 is 0 Å². The lowest BCUT2D eigenvalue weighted by atomic mass is 10.2. The fraction of sp³-hybridized carbons (Fsp3) is 0.250. The predicted octanol–water partition coefficient (Wildman–Crippen LogP) is 2.79. The first-order valence-corrected chi connectivity index (χ1v) is 6.71. The van der Waals surface area contributed by atoms with Gasteiger partial charge in [0.15, 0.2) is 0 Å². The molecule has 4 heteroatoms. The zero-order valence-corrected chi connectivity index (χ0v) is 11.8. The molecular weight excluding hydrogens is 250 g/mol. The number of hydrogen-bond acceptors (Lipinski definition) is 3. The quantitative estimate of drug-likeness (QED) is 0.907. The second-order valence-corrected chi connectivity index (χ2v) is 4.49. The first kappa shape index (κ1) is 14.1. The number of amides is 1. The fourth-order valence-electron chi connectivity index (χ4n) is 1.98. The maximum Gasteiger partial charge on any atom is 0.255 e. The minimum absolute atomic E-state index is 0.00602. The molecule has 1 amide bonds. The summed E-state index contributed by atoms with van der Waals surface area (Å²) in [6, 6.07) is 13.6. The molecule has 1 N–H and O–H groups in total. The maximum atomic E-state index is 12.4. The van der Waals surface area contributed by atoms with Crippen LogP contribution in [0.2, 0.25) is 0 Å². The third-order valence-corrected chi connectivity index (χ3v) is 3.15. The number of carbonyl (C=O) groups excluding carboxylic acids is 1. The second-order valence-electron chi connectivity index (χ2n) is 4.49. The number of nitrogens with zero attached hydrogens (tertiary/aromatic N) is 2. The summed E-state index contributed by atoms with van der Waals surface area (Å²) in [6.07, 6.45) is 1.61. The van der Waals surface area contributed by atoms with E-state index in [4.69, 9.17) is 0 Å². The lowest BCUT2D eigenvalue weighted by molar-refractivity contribution is 0.0752. The number of benzene rings is 1. The third kappa shape index (κ3) is 3.35. The molecule has 0 saturated carbocycles. The van der Waals surface area contributed by atoms with Crippen LogP contribution >= 0.6 is 0 Å². The summed E-state index contributed by atoms with van der Waals surface area (Å²) in [5, 5.41) is 2.94. The van der Waals surface area contributed by atoms with Gasteiger partial charge < -0.3 is 10.2 Å². The smallest absolute Gasteiger partial charge is 0.255 e. The Hall–Kier alpha value is -2.36. The van der Waals surface area contributed by atoms with Crippen LogP contribution in [0.1, 0.15) is 22.8 Å². The van der Waals surface area contributed by atoms with Gasteiger partial charge in [-0.15, -0.1) is 0 Å². The predicted molar refractivity (Wildman–Crippen MR) is 80.6 cm³/mol. The fourth-order valence-corrected chi connectivity index (χ4v) is 1.98. The highest BCUT2D eigenvalue weighted by Crippen LogP contribution is 2.11. The van der Waals surface area contributed by atoms with Gasteiger partial charge in [0, 0.05) is 26.3 Å². The average molecular weight is 269 g/mol. The van der Waals surface area contributed by atoms with E-state index in [0.717, 1.165) is 11.4 Å². The van der Waals surface area contributed by atoms with Gasteiger partial charge >= 0.3 is 0 Å².